The van der Waals surface area contributed by atoms with E-state index in [-0.39, 0.29) is 21.7 Å². The quantitative estimate of drug-likeness (QED) is 0.614. The normalized spacial score (nSPS) is 7.29. The van der Waals surface area contributed by atoms with Crippen molar-refractivity contribution in [1.29, 1.82) is 0 Å². The van der Waals surface area contributed by atoms with Crippen molar-refractivity contribution >= 4 is 0 Å². The standard InChI is InChI=1S/C2H6N.2CH3.2Ti/c1-2-3;;;;/h3H,2H2,1H3;2*1H3;;/q-1;;;;+1. The monoisotopic (exact) mass is 170 g/mol. The van der Waals surface area contributed by atoms with Gasteiger partial charge in [-0.15, -0.1) is 0 Å². The summed E-state index contributed by atoms with van der Waals surface area (Å²) in [5.41, 5.74) is 0. The second-order valence-corrected chi connectivity index (χ2v) is 5.21. The van der Waals surface area contributed by atoms with E-state index < -0.39 is 18.1 Å². The van der Waals surface area contributed by atoms with Crippen LogP contribution in [0.3, 0.4) is 0 Å². The average Bonchev–Trinajstić information content (AvgIpc) is 1.35. The second kappa shape index (κ2) is 7.39. The first-order valence-corrected chi connectivity index (χ1v) is 6.21. The van der Waals surface area contributed by atoms with Crippen LogP contribution in [0.5, 0.6) is 0 Å². The smallest absolute Gasteiger partial charge is 0 e. The summed E-state index contributed by atoms with van der Waals surface area (Å²) in [7, 11) is 0. The fourth-order valence-corrected chi connectivity index (χ4v) is 1.46. The fourth-order valence-electron chi connectivity index (χ4n) is 0.354. The molecule has 0 aromatic rings. The summed E-state index contributed by atoms with van der Waals surface area (Å²) in [6.07, 6.45) is 0. The van der Waals surface area contributed by atoms with Gasteiger partial charge < -0.3 is 0 Å². The molecule has 0 fully saturated rings. The Morgan fingerprint density at radius 2 is 1.86 bits per heavy atom. The van der Waals surface area contributed by atoms with Gasteiger partial charge >= 0.3 is 45.9 Å². The molecular formula is C4H12NTi2. The van der Waals surface area contributed by atoms with Crippen molar-refractivity contribution in [2.75, 3.05) is 6.54 Å². The maximum atomic E-state index is 3.38. The van der Waals surface area contributed by atoms with Crippen LogP contribution in [0, 0.1) is 0 Å². The van der Waals surface area contributed by atoms with Gasteiger partial charge in [-0.25, -0.2) is 0 Å². The Morgan fingerprint density at radius 3 is 1.86 bits per heavy atom. The van der Waals surface area contributed by atoms with Gasteiger partial charge in [0, 0.05) is 21.7 Å². The van der Waals surface area contributed by atoms with E-state index in [0.717, 1.165) is 6.54 Å². The SMILES string of the molecule is CC[NH][Ti]([CH3])[CH3].[Ti]. The Morgan fingerprint density at radius 1 is 1.43 bits per heavy atom. The van der Waals surface area contributed by atoms with Crippen molar-refractivity contribution in [3.63, 3.8) is 0 Å². The van der Waals surface area contributed by atoms with Gasteiger partial charge in [-0.1, -0.05) is 0 Å². The van der Waals surface area contributed by atoms with Crippen LogP contribution in [0.1, 0.15) is 6.92 Å². The van der Waals surface area contributed by atoms with E-state index in [9.17, 15) is 0 Å². The Kier molecular flexibility index (Phi) is 11.8. The van der Waals surface area contributed by atoms with Crippen molar-refractivity contribution in [2.45, 2.75) is 17.4 Å². The van der Waals surface area contributed by atoms with Crippen LogP contribution < -0.4 is 3.80 Å². The third-order valence-electron chi connectivity index (χ3n) is 0.530. The van der Waals surface area contributed by atoms with Crippen LogP contribution in [-0.4, -0.2) is 6.54 Å². The molecule has 0 aromatic carbocycles. The minimum Gasteiger partial charge on any atom is 0 e. The number of hydrogen-bond donors (Lipinski definition) is 1. The summed E-state index contributed by atoms with van der Waals surface area (Å²) in [4.78, 5) is 0. The topological polar surface area (TPSA) is 12.0 Å². The molecule has 0 bridgehead atoms. The molecule has 3 heteroatoms. The molecule has 0 rings (SSSR count). The van der Waals surface area contributed by atoms with E-state index in [2.05, 4.69) is 21.2 Å². The Labute approximate surface area is 67.3 Å². The van der Waals surface area contributed by atoms with Crippen LogP contribution in [0.4, 0.5) is 0 Å². The van der Waals surface area contributed by atoms with E-state index in [1.54, 1.807) is 0 Å². The maximum absolute atomic E-state index is 3.38. The van der Waals surface area contributed by atoms with Crippen molar-refractivity contribution in [3.05, 3.63) is 0 Å². The molecule has 0 aromatic heterocycles. The number of rotatable bonds is 2. The molecule has 0 aliphatic heterocycles. The molecule has 0 spiro atoms. The van der Waals surface area contributed by atoms with Gasteiger partial charge in [0.1, 0.15) is 0 Å². The molecule has 0 saturated carbocycles. The van der Waals surface area contributed by atoms with Crippen molar-refractivity contribution < 1.29 is 39.8 Å². The van der Waals surface area contributed by atoms with E-state index in [1.807, 2.05) is 0 Å². The summed E-state index contributed by atoms with van der Waals surface area (Å²) in [5.74, 6) is 0. The Balaban J connectivity index is 0. The largest absolute Gasteiger partial charge is 0 e. The molecule has 0 aliphatic rings. The van der Waals surface area contributed by atoms with Crippen molar-refractivity contribution in [1.82, 2.24) is 3.80 Å². The molecule has 1 N–H and O–H groups in total. The molecule has 0 heterocycles. The van der Waals surface area contributed by atoms with Crippen LogP contribution in [-0.2, 0) is 39.8 Å². The number of nitrogens with one attached hydrogen (secondary N) is 1. The van der Waals surface area contributed by atoms with Crippen LogP contribution in [0.15, 0.2) is 0 Å². The molecule has 7 heavy (non-hydrogen) atoms. The first kappa shape index (κ1) is 11.2. The number of hydrogen-bond acceptors (Lipinski definition) is 1. The molecule has 41 valence electrons. The Hall–Kier alpha value is 1.39. The van der Waals surface area contributed by atoms with Crippen molar-refractivity contribution in [3.8, 4) is 0 Å². The average molecular weight is 170 g/mol. The zero-order chi connectivity index (χ0) is 4.99. The molecule has 0 aliphatic carbocycles. The summed E-state index contributed by atoms with van der Waals surface area (Å²) in [6, 6.07) is 0. The maximum Gasteiger partial charge on any atom is 0 e. The zero-order valence-electron chi connectivity index (χ0n) is 5.21. The molecule has 0 radical (unpaired) electrons. The molecule has 0 unspecified atom stereocenters. The minimum absolute atomic E-state index is 0. The van der Waals surface area contributed by atoms with E-state index in [1.165, 1.54) is 0 Å². The van der Waals surface area contributed by atoms with E-state index >= 15 is 0 Å². The van der Waals surface area contributed by atoms with Gasteiger partial charge in [0.15, 0.2) is 0 Å². The summed E-state index contributed by atoms with van der Waals surface area (Å²) < 4.78 is 3.38. The predicted molar refractivity (Wildman–Crippen MR) is 25.4 cm³/mol. The minimum atomic E-state index is -0.634. The van der Waals surface area contributed by atoms with Gasteiger partial charge in [0.05, 0.1) is 0 Å². The summed E-state index contributed by atoms with van der Waals surface area (Å²) >= 11 is -0.634. The van der Waals surface area contributed by atoms with Gasteiger partial charge in [0.2, 0.25) is 0 Å². The first-order valence-electron chi connectivity index (χ1n) is 2.31. The third-order valence-corrected chi connectivity index (χ3v) is 2.19. The van der Waals surface area contributed by atoms with Gasteiger partial charge in [-0.2, -0.15) is 0 Å². The first-order chi connectivity index (χ1) is 2.77. The molecular weight excluding hydrogens is 158 g/mol. The molecule has 0 amide bonds. The van der Waals surface area contributed by atoms with Gasteiger partial charge in [0.25, 0.3) is 0 Å². The molecule has 1 nitrogen and oxygen atoms in total. The van der Waals surface area contributed by atoms with E-state index in [4.69, 9.17) is 0 Å². The van der Waals surface area contributed by atoms with Crippen LogP contribution >= 0.6 is 0 Å². The van der Waals surface area contributed by atoms with Crippen LogP contribution in [0.2, 0.25) is 10.5 Å². The third kappa shape index (κ3) is 11.1. The van der Waals surface area contributed by atoms with E-state index in [0.29, 0.717) is 0 Å². The summed E-state index contributed by atoms with van der Waals surface area (Å²) in [6.45, 7) is 3.31. The second-order valence-electron chi connectivity index (χ2n) is 1.53. The molecule has 0 atom stereocenters. The van der Waals surface area contributed by atoms with Crippen LogP contribution in [0.25, 0.3) is 0 Å². The van der Waals surface area contributed by atoms with Gasteiger partial charge in [-0.3, -0.25) is 0 Å². The van der Waals surface area contributed by atoms with Gasteiger partial charge in [-0.05, 0) is 0 Å². The summed E-state index contributed by atoms with van der Waals surface area (Å²) in [5, 5.41) is 4.62. The Bertz CT molecular complexity index is 30.9. The fraction of sp³-hybridized carbons (Fsp3) is 1.00. The van der Waals surface area contributed by atoms with Crippen molar-refractivity contribution in [2.24, 2.45) is 0 Å². The predicted octanol–water partition coefficient (Wildman–Crippen LogP) is 1.22. The zero-order valence-corrected chi connectivity index (χ0v) is 8.33. The molecule has 0 saturated heterocycles.